The number of nitrogens with zero attached hydrogens (tertiary/aromatic N) is 6. The molecule has 2 atom stereocenters. The number of para-hydroxylation sites is 2. The molecule has 0 spiro atoms. The molecule has 2 aliphatic heterocycles. The normalized spacial score (nSPS) is 23.7. The summed E-state index contributed by atoms with van der Waals surface area (Å²) in [5, 5.41) is 2.99. The molecule has 12 nitrogen and oxygen atoms in total. The molecule has 15 heteroatoms. The largest absolute Gasteiger partial charge is 0.474 e. The summed E-state index contributed by atoms with van der Waals surface area (Å²) in [5.41, 5.74) is 0.144. The van der Waals surface area contributed by atoms with Crippen LogP contribution in [0.1, 0.15) is 65.1 Å². The highest BCUT2D eigenvalue weighted by atomic mass is 19.3. The van der Waals surface area contributed by atoms with Crippen molar-refractivity contribution < 1.29 is 37.0 Å². The van der Waals surface area contributed by atoms with Gasteiger partial charge in [0.25, 0.3) is 6.43 Å². The number of hydrogen-bond donors (Lipinski definition) is 1. The van der Waals surface area contributed by atoms with Gasteiger partial charge in [-0.15, -0.1) is 0 Å². The molecule has 3 aromatic rings. The number of ether oxygens (including phenoxy) is 3. The van der Waals surface area contributed by atoms with E-state index >= 15 is 0 Å². The van der Waals surface area contributed by atoms with Gasteiger partial charge in [-0.05, 0) is 58.6 Å². The number of nitrogens with one attached hydrogen (secondary N) is 1. The molecule has 2 amide bonds. The van der Waals surface area contributed by atoms with Crippen LogP contribution in [0.5, 0.6) is 5.88 Å². The summed E-state index contributed by atoms with van der Waals surface area (Å²) in [6.07, 6.45) is -2.84. The van der Waals surface area contributed by atoms with Gasteiger partial charge < -0.3 is 24.4 Å². The number of fused-ring (bicyclic) bond motifs is 1. The summed E-state index contributed by atoms with van der Waals surface area (Å²) >= 11 is 0. The number of halogens is 3. The van der Waals surface area contributed by atoms with Crippen molar-refractivity contribution in [3.05, 3.63) is 36.2 Å². The van der Waals surface area contributed by atoms with Crippen LogP contribution >= 0.6 is 0 Å². The average Bonchev–Trinajstić information content (AvgIpc) is 3.63. The third-order valence-electron chi connectivity index (χ3n) is 8.47. The number of anilines is 1. The summed E-state index contributed by atoms with van der Waals surface area (Å²) in [7, 11) is 0. The van der Waals surface area contributed by atoms with Crippen molar-refractivity contribution >= 4 is 29.0 Å². The van der Waals surface area contributed by atoms with Gasteiger partial charge in [-0.2, -0.15) is 9.97 Å². The summed E-state index contributed by atoms with van der Waals surface area (Å²) < 4.78 is 61.2. The van der Waals surface area contributed by atoms with Crippen molar-refractivity contribution in [2.45, 2.75) is 89.3 Å². The van der Waals surface area contributed by atoms with Crippen molar-refractivity contribution in [3.63, 3.8) is 0 Å². The zero-order valence-corrected chi connectivity index (χ0v) is 26.7. The SMILES string of the molecule is CC(C)(C)OC(=O)N1C[C@H](F)C[C@H]1C(=O)NC1CCC(Oc2cc(-n3c(C(F)F)nc4ccccc43)nc(N3CCOCC3)n2)CC1. The molecule has 1 aromatic carbocycles. The van der Waals surface area contributed by atoms with Gasteiger partial charge >= 0.3 is 6.09 Å². The van der Waals surface area contributed by atoms with Crippen LogP contribution in [0.4, 0.5) is 23.9 Å². The summed E-state index contributed by atoms with van der Waals surface area (Å²) in [6.45, 7) is 7.01. The van der Waals surface area contributed by atoms with Crippen molar-refractivity contribution in [1.29, 1.82) is 0 Å². The van der Waals surface area contributed by atoms with Gasteiger partial charge in [-0.1, -0.05) is 12.1 Å². The molecule has 0 bridgehead atoms. The van der Waals surface area contributed by atoms with Gasteiger partial charge in [0.05, 0.1) is 30.8 Å². The minimum atomic E-state index is -2.84. The maximum Gasteiger partial charge on any atom is 0.411 e. The molecular formula is C32H40F3N7O5. The lowest BCUT2D eigenvalue weighted by Gasteiger charge is -2.32. The molecule has 0 unspecified atom stereocenters. The Kier molecular flexibility index (Phi) is 9.44. The number of carbonyl (C=O) groups excluding carboxylic acids is 2. The number of imidazole rings is 1. The highest BCUT2D eigenvalue weighted by Crippen LogP contribution is 2.31. The molecule has 4 heterocycles. The number of alkyl halides is 3. The maximum atomic E-state index is 14.3. The number of carbonyl (C=O) groups is 2. The van der Waals surface area contributed by atoms with Crippen LogP contribution in [0.25, 0.3) is 16.9 Å². The minimum Gasteiger partial charge on any atom is -0.474 e. The van der Waals surface area contributed by atoms with Crippen LogP contribution in [-0.4, -0.2) is 99.2 Å². The van der Waals surface area contributed by atoms with E-state index in [1.165, 1.54) is 9.47 Å². The van der Waals surface area contributed by atoms with Gasteiger partial charge in [-0.25, -0.2) is 22.9 Å². The van der Waals surface area contributed by atoms with Crippen molar-refractivity contribution in [2.24, 2.45) is 0 Å². The van der Waals surface area contributed by atoms with Gasteiger partial charge in [0, 0.05) is 31.6 Å². The van der Waals surface area contributed by atoms with E-state index in [-0.39, 0.29) is 36.8 Å². The first-order valence-electron chi connectivity index (χ1n) is 16.0. The lowest BCUT2D eigenvalue weighted by molar-refractivity contribution is -0.126. The van der Waals surface area contributed by atoms with Crippen LogP contribution in [0.15, 0.2) is 30.3 Å². The third kappa shape index (κ3) is 7.55. The molecule has 1 N–H and O–H groups in total. The Morgan fingerprint density at radius 1 is 1.04 bits per heavy atom. The van der Waals surface area contributed by atoms with E-state index in [0.717, 1.165) is 0 Å². The molecule has 0 radical (unpaired) electrons. The molecular weight excluding hydrogens is 619 g/mol. The van der Waals surface area contributed by atoms with Gasteiger partial charge in [0.2, 0.25) is 17.7 Å². The monoisotopic (exact) mass is 659 g/mol. The number of amides is 2. The van der Waals surface area contributed by atoms with E-state index in [9.17, 15) is 22.8 Å². The minimum absolute atomic E-state index is 0.0788. The number of benzene rings is 1. The number of likely N-dealkylation sites (tertiary alicyclic amines) is 1. The van der Waals surface area contributed by atoms with E-state index in [4.69, 9.17) is 14.2 Å². The van der Waals surface area contributed by atoms with E-state index in [1.807, 2.05) is 4.90 Å². The Bertz CT molecular complexity index is 1580. The molecule has 1 saturated carbocycles. The first-order chi connectivity index (χ1) is 22.4. The first kappa shape index (κ1) is 32.8. The van der Waals surface area contributed by atoms with Gasteiger partial charge in [0.1, 0.15) is 29.7 Å². The Morgan fingerprint density at radius 2 is 1.77 bits per heavy atom. The van der Waals surface area contributed by atoms with E-state index in [1.54, 1.807) is 51.1 Å². The Morgan fingerprint density at radius 3 is 2.47 bits per heavy atom. The topological polar surface area (TPSA) is 124 Å². The van der Waals surface area contributed by atoms with Crippen LogP contribution in [-0.2, 0) is 14.3 Å². The summed E-state index contributed by atoms with van der Waals surface area (Å²) in [4.78, 5) is 42.4. The molecule has 6 rings (SSSR count). The molecule has 3 aliphatic rings. The molecule has 2 saturated heterocycles. The fourth-order valence-electron chi connectivity index (χ4n) is 6.26. The second-order valence-electron chi connectivity index (χ2n) is 13.1. The Balaban J connectivity index is 1.15. The fourth-order valence-corrected chi connectivity index (χ4v) is 6.26. The second kappa shape index (κ2) is 13.5. The van der Waals surface area contributed by atoms with Crippen LogP contribution < -0.4 is 15.0 Å². The van der Waals surface area contributed by atoms with Gasteiger partial charge in [0.15, 0.2) is 5.82 Å². The summed E-state index contributed by atoms with van der Waals surface area (Å²) in [5.74, 6) is -0.0179. The highest BCUT2D eigenvalue weighted by molar-refractivity contribution is 5.86. The molecule has 1 aliphatic carbocycles. The van der Waals surface area contributed by atoms with Crippen LogP contribution in [0.2, 0.25) is 0 Å². The van der Waals surface area contributed by atoms with Crippen molar-refractivity contribution in [2.75, 3.05) is 37.7 Å². The summed E-state index contributed by atoms with van der Waals surface area (Å²) in [6, 6.07) is 7.31. The maximum absolute atomic E-state index is 14.3. The zero-order valence-electron chi connectivity index (χ0n) is 26.7. The molecule has 3 fully saturated rings. The third-order valence-corrected chi connectivity index (χ3v) is 8.47. The van der Waals surface area contributed by atoms with E-state index < -0.39 is 42.1 Å². The Labute approximate surface area is 270 Å². The average molecular weight is 660 g/mol. The standard InChI is InChI=1S/C32H40F3N7O5/c1-32(2,3)47-31(44)41-18-19(33)16-24(41)29(43)36-20-8-10-21(11-9-20)46-26-17-25(38-30(39-26)40-12-14-45-15-13-40)42-23-7-5-4-6-22(23)37-28(42)27(34)35/h4-7,17,19-21,24,27H,8-16,18H2,1-3H3,(H,36,43)/t19-,20?,21?,24+/m1/s1. The predicted molar refractivity (Wildman–Crippen MR) is 166 cm³/mol. The van der Waals surface area contributed by atoms with E-state index in [0.29, 0.717) is 69.0 Å². The number of morpholine rings is 1. The fraction of sp³-hybridized carbons (Fsp3) is 0.594. The number of rotatable bonds is 7. The lowest BCUT2D eigenvalue weighted by atomic mass is 9.92. The van der Waals surface area contributed by atoms with E-state index in [2.05, 4.69) is 20.3 Å². The number of hydrogen-bond acceptors (Lipinski definition) is 9. The zero-order chi connectivity index (χ0) is 33.3. The lowest BCUT2D eigenvalue weighted by Crippen LogP contribution is -2.50. The predicted octanol–water partition coefficient (Wildman–Crippen LogP) is 4.74. The van der Waals surface area contributed by atoms with Crippen molar-refractivity contribution in [1.82, 2.24) is 29.7 Å². The van der Waals surface area contributed by atoms with Crippen LogP contribution in [0.3, 0.4) is 0 Å². The molecule has 254 valence electrons. The first-order valence-corrected chi connectivity index (χ1v) is 16.0. The van der Waals surface area contributed by atoms with Crippen LogP contribution in [0, 0.1) is 0 Å². The van der Waals surface area contributed by atoms with Crippen molar-refractivity contribution in [3.8, 4) is 11.7 Å². The second-order valence-corrected chi connectivity index (χ2v) is 13.1. The Hall–Kier alpha value is -4.14. The highest BCUT2D eigenvalue weighted by Gasteiger charge is 2.42. The molecule has 2 aromatic heterocycles. The smallest absolute Gasteiger partial charge is 0.411 e. The van der Waals surface area contributed by atoms with Gasteiger partial charge in [-0.3, -0.25) is 14.3 Å². The number of aromatic nitrogens is 4. The molecule has 47 heavy (non-hydrogen) atoms. The quantitative estimate of drug-likeness (QED) is 0.383.